The lowest BCUT2D eigenvalue weighted by Crippen LogP contribution is -2.39. The maximum absolute atomic E-state index is 12.6. The lowest BCUT2D eigenvalue weighted by Gasteiger charge is -2.32. The van der Waals surface area contributed by atoms with Crippen LogP contribution < -0.4 is 10.5 Å². The standard InChI is InChI=1S/C23H25N3O3.CO2/c1-15-12-19(24)22-20(25-15)6-3-7-21(22)29-14-16-8-10-26(11-9-16)23(28)17-4-2-5-18(27)13-17;2-1-3/h2-7,12-13,16,27H,8-11,14H2,1H3,(H2,24,25);. The molecule has 1 fully saturated rings. The number of piperidine rings is 1. The summed E-state index contributed by atoms with van der Waals surface area (Å²) in [5.41, 5.74) is 9.12. The predicted octanol–water partition coefficient (Wildman–Crippen LogP) is 3.18. The Kier molecular flexibility index (Phi) is 7.41. The van der Waals surface area contributed by atoms with E-state index in [1.54, 1.807) is 18.2 Å². The van der Waals surface area contributed by atoms with Crippen LogP contribution in [0, 0.1) is 12.8 Å². The van der Waals surface area contributed by atoms with E-state index in [4.69, 9.17) is 20.1 Å². The molecule has 0 radical (unpaired) electrons. The number of aromatic nitrogens is 1. The number of anilines is 1. The van der Waals surface area contributed by atoms with Crippen molar-refractivity contribution in [2.45, 2.75) is 19.8 Å². The maximum atomic E-state index is 12.6. The number of benzene rings is 2. The predicted molar refractivity (Wildman–Crippen MR) is 118 cm³/mol. The van der Waals surface area contributed by atoms with Gasteiger partial charge in [-0.05, 0) is 62.1 Å². The number of amides is 1. The second-order valence-corrected chi connectivity index (χ2v) is 7.68. The molecule has 0 spiro atoms. The Labute approximate surface area is 185 Å². The molecule has 0 aliphatic carbocycles. The first-order valence-electron chi connectivity index (χ1n) is 10.3. The molecule has 2 heterocycles. The SMILES string of the molecule is Cc1cc(N)c2c(OCC3CCN(C(=O)c4cccc(O)c4)CC3)cccc2n1.O=C=O. The Balaban J connectivity index is 0.000000913. The van der Waals surface area contributed by atoms with E-state index in [0.29, 0.717) is 36.9 Å². The summed E-state index contributed by atoms with van der Waals surface area (Å²) >= 11 is 0. The van der Waals surface area contributed by atoms with Crippen LogP contribution >= 0.6 is 0 Å². The van der Waals surface area contributed by atoms with E-state index in [2.05, 4.69) is 4.98 Å². The van der Waals surface area contributed by atoms with Crippen LogP contribution in [0.15, 0.2) is 48.5 Å². The molecule has 8 nitrogen and oxygen atoms in total. The number of carbonyl (C=O) groups is 1. The first-order chi connectivity index (χ1) is 15.4. The first kappa shape index (κ1) is 22.8. The number of phenolic OH excluding ortho intramolecular Hbond substituents is 1. The lowest BCUT2D eigenvalue weighted by molar-refractivity contribution is -0.191. The van der Waals surface area contributed by atoms with Crippen molar-refractivity contribution in [3.05, 3.63) is 59.8 Å². The van der Waals surface area contributed by atoms with Gasteiger partial charge in [-0.2, -0.15) is 9.59 Å². The minimum atomic E-state index is -0.0384. The number of nitrogens with two attached hydrogens (primary N) is 1. The Bertz CT molecular complexity index is 1130. The zero-order chi connectivity index (χ0) is 23.1. The minimum absolute atomic E-state index is 0.0384. The van der Waals surface area contributed by atoms with Crippen LogP contribution in [0.3, 0.4) is 0 Å². The van der Waals surface area contributed by atoms with Gasteiger partial charge in [-0.15, -0.1) is 0 Å². The van der Waals surface area contributed by atoms with Gasteiger partial charge < -0.3 is 20.5 Å². The van der Waals surface area contributed by atoms with Crippen molar-refractivity contribution in [3.63, 3.8) is 0 Å². The van der Waals surface area contributed by atoms with Gasteiger partial charge in [0.05, 0.1) is 17.5 Å². The number of ether oxygens (including phenoxy) is 1. The van der Waals surface area contributed by atoms with Crippen molar-refractivity contribution in [1.82, 2.24) is 9.88 Å². The Hall–Kier alpha value is -3.90. The highest BCUT2D eigenvalue weighted by molar-refractivity contribution is 5.96. The second-order valence-electron chi connectivity index (χ2n) is 7.68. The molecule has 0 saturated carbocycles. The van der Waals surface area contributed by atoms with Gasteiger partial charge in [-0.3, -0.25) is 9.78 Å². The number of carbonyl (C=O) groups excluding carboxylic acids is 3. The Morgan fingerprint density at radius 1 is 1.19 bits per heavy atom. The largest absolute Gasteiger partial charge is 0.508 e. The molecule has 4 rings (SSSR count). The summed E-state index contributed by atoms with van der Waals surface area (Å²) in [6.07, 6.45) is 2.00. The molecule has 1 aliphatic heterocycles. The fourth-order valence-electron chi connectivity index (χ4n) is 3.87. The Morgan fingerprint density at radius 2 is 1.88 bits per heavy atom. The molecule has 3 aromatic rings. The average Bonchev–Trinajstić information content (AvgIpc) is 2.77. The third-order valence-corrected chi connectivity index (χ3v) is 5.42. The molecule has 1 aliphatic rings. The van der Waals surface area contributed by atoms with Gasteiger partial charge in [0.15, 0.2) is 0 Å². The lowest BCUT2D eigenvalue weighted by atomic mass is 9.97. The molecule has 1 aromatic heterocycles. The van der Waals surface area contributed by atoms with Gasteiger partial charge in [-0.1, -0.05) is 12.1 Å². The van der Waals surface area contributed by atoms with Crippen molar-refractivity contribution in [3.8, 4) is 11.5 Å². The van der Waals surface area contributed by atoms with Crippen LogP contribution in [0.1, 0.15) is 28.9 Å². The summed E-state index contributed by atoms with van der Waals surface area (Å²) in [7, 11) is 0. The number of aromatic hydroxyl groups is 1. The van der Waals surface area contributed by atoms with Gasteiger partial charge in [0.1, 0.15) is 11.5 Å². The highest BCUT2D eigenvalue weighted by Crippen LogP contribution is 2.31. The monoisotopic (exact) mass is 435 g/mol. The fourth-order valence-corrected chi connectivity index (χ4v) is 3.87. The summed E-state index contributed by atoms with van der Waals surface area (Å²) in [5, 5.41) is 10.4. The van der Waals surface area contributed by atoms with Crippen molar-refractivity contribution < 1.29 is 24.2 Å². The highest BCUT2D eigenvalue weighted by atomic mass is 16.5. The van der Waals surface area contributed by atoms with Gasteiger partial charge in [0.2, 0.25) is 0 Å². The van der Waals surface area contributed by atoms with E-state index in [1.807, 2.05) is 36.1 Å². The average molecular weight is 435 g/mol. The van der Waals surface area contributed by atoms with E-state index >= 15 is 0 Å². The molecule has 3 N–H and O–H groups in total. The summed E-state index contributed by atoms with van der Waals surface area (Å²) in [4.78, 5) is 35.2. The van der Waals surface area contributed by atoms with E-state index < -0.39 is 0 Å². The number of likely N-dealkylation sites (tertiary alicyclic amines) is 1. The van der Waals surface area contributed by atoms with Crippen LogP contribution in [0.25, 0.3) is 10.9 Å². The molecule has 0 unspecified atom stereocenters. The number of rotatable bonds is 4. The highest BCUT2D eigenvalue weighted by Gasteiger charge is 2.24. The van der Waals surface area contributed by atoms with Gasteiger partial charge in [-0.25, -0.2) is 0 Å². The van der Waals surface area contributed by atoms with Crippen molar-refractivity contribution in [1.29, 1.82) is 0 Å². The third-order valence-electron chi connectivity index (χ3n) is 5.42. The quantitative estimate of drug-likeness (QED) is 0.645. The molecule has 1 amide bonds. The number of phenols is 1. The van der Waals surface area contributed by atoms with Crippen molar-refractivity contribution in [2.75, 3.05) is 25.4 Å². The molecule has 2 aromatic carbocycles. The fraction of sp³-hybridized carbons (Fsp3) is 0.292. The second kappa shape index (κ2) is 10.4. The first-order valence-corrected chi connectivity index (χ1v) is 10.3. The molecule has 0 bridgehead atoms. The molecule has 32 heavy (non-hydrogen) atoms. The smallest absolute Gasteiger partial charge is 0.373 e. The molecule has 0 atom stereocenters. The number of pyridine rings is 1. The molecular formula is C24H25N3O5. The van der Waals surface area contributed by atoms with Crippen LogP contribution in [0.5, 0.6) is 11.5 Å². The summed E-state index contributed by atoms with van der Waals surface area (Å²) in [5.74, 6) is 1.20. The molecule has 166 valence electrons. The van der Waals surface area contributed by atoms with Crippen LogP contribution in [0.4, 0.5) is 5.69 Å². The number of aryl methyl sites for hydroxylation is 1. The van der Waals surface area contributed by atoms with E-state index in [1.165, 1.54) is 6.07 Å². The number of nitrogens with zero attached hydrogens (tertiary/aromatic N) is 2. The normalized spacial score (nSPS) is 13.7. The molecular weight excluding hydrogens is 410 g/mol. The number of hydrogen-bond acceptors (Lipinski definition) is 7. The van der Waals surface area contributed by atoms with Crippen molar-refractivity contribution >= 4 is 28.6 Å². The molecule has 1 saturated heterocycles. The Morgan fingerprint density at radius 3 is 2.56 bits per heavy atom. The van der Waals surface area contributed by atoms with Crippen molar-refractivity contribution in [2.24, 2.45) is 5.92 Å². The summed E-state index contributed by atoms with van der Waals surface area (Å²) in [6.45, 7) is 3.87. The number of nitrogen functional groups attached to an aromatic ring is 1. The zero-order valence-corrected chi connectivity index (χ0v) is 17.8. The summed E-state index contributed by atoms with van der Waals surface area (Å²) < 4.78 is 6.12. The third kappa shape index (κ3) is 5.42. The van der Waals surface area contributed by atoms with Gasteiger partial charge in [0.25, 0.3) is 5.91 Å². The van der Waals surface area contributed by atoms with Crippen LogP contribution in [-0.2, 0) is 9.59 Å². The topological polar surface area (TPSA) is 123 Å². The minimum Gasteiger partial charge on any atom is -0.508 e. The van der Waals surface area contributed by atoms with E-state index in [-0.39, 0.29) is 17.8 Å². The van der Waals surface area contributed by atoms with Gasteiger partial charge in [0, 0.05) is 30.0 Å². The summed E-state index contributed by atoms with van der Waals surface area (Å²) in [6, 6.07) is 14.2. The van der Waals surface area contributed by atoms with Gasteiger partial charge >= 0.3 is 6.15 Å². The van der Waals surface area contributed by atoms with Crippen LogP contribution in [0.2, 0.25) is 0 Å². The number of fused-ring (bicyclic) bond motifs is 1. The number of hydrogen-bond donors (Lipinski definition) is 2. The maximum Gasteiger partial charge on any atom is 0.373 e. The molecule has 8 heteroatoms. The van der Waals surface area contributed by atoms with Crippen LogP contribution in [-0.4, -0.2) is 46.7 Å². The zero-order valence-electron chi connectivity index (χ0n) is 17.8. The van der Waals surface area contributed by atoms with E-state index in [9.17, 15) is 9.90 Å². The van der Waals surface area contributed by atoms with E-state index in [0.717, 1.165) is 35.2 Å².